The van der Waals surface area contributed by atoms with Crippen molar-refractivity contribution in [1.82, 2.24) is 0 Å². The normalized spacial score (nSPS) is 15.6. The van der Waals surface area contributed by atoms with E-state index in [-0.39, 0.29) is 6.04 Å². The molecule has 0 amide bonds. The van der Waals surface area contributed by atoms with Gasteiger partial charge >= 0.3 is 0 Å². The Kier molecular flexibility index (Phi) is 4.46. The van der Waals surface area contributed by atoms with Crippen LogP contribution in [0.4, 0.5) is 0 Å². The third kappa shape index (κ3) is 3.38. The molecular formula is C10H14N2OS. The average Bonchev–Trinajstić information content (AvgIpc) is 2.20. The molecule has 0 fully saturated rings. The maximum Gasteiger partial charge on any atom is 0.155 e. The van der Waals surface area contributed by atoms with Gasteiger partial charge in [-0.05, 0) is 12.0 Å². The van der Waals surface area contributed by atoms with Crippen LogP contribution in [-0.4, -0.2) is 10.5 Å². The van der Waals surface area contributed by atoms with Crippen LogP contribution < -0.4 is 0 Å². The first-order valence-electron chi connectivity index (χ1n) is 4.53. The van der Waals surface area contributed by atoms with Crippen molar-refractivity contribution in [2.45, 2.75) is 19.4 Å². The van der Waals surface area contributed by atoms with Crippen LogP contribution in [-0.2, 0) is 11.0 Å². The van der Waals surface area contributed by atoms with E-state index >= 15 is 0 Å². The van der Waals surface area contributed by atoms with E-state index in [2.05, 4.69) is 9.63 Å². The highest BCUT2D eigenvalue weighted by molar-refractivity contribution is 7.82. The second kappa shape index (κ2) is 5.65. The predicted octanol–water partition coefficient (Wildman–Crippen LogP) is 2.88. The minimum atomic E-state index is -1.20. The fourth-order valence-corrected chi connectivity index (χ4v) is 1.43. The van der Waals surface area contributed by atoms with Crippen molar-refractivity contribution in [3.63, 3.8) is 0 Å². The number of nitrogens with zero attached hydrogens (tertiary/aromatic N) is 2. The Bertz CT molecular complexity index is 324. The molecule has 1 aromatic carbocycles. The van der Waals surface area contributed by atoms with Crippen LogP contribution >= 0.6 is 0 Å². The van der Waals surface area contributed by atoms with Crippen LogP contribution in [0.25, 0.3) is 0 Å². The lowest BCUT2D eigenvalue weighted by molar-refractivity contribution is 0.658. The third-order valence-electron chi connectivity index (χ3n) is 1.87. The topological polar surface area (TPSA) is 41.8 Å². The van der Waals surface area contributed by atoms with Crippen LogP contribution in [0.2, 0.25) is 0 Å². The molecule has 0 bridgehead atoms. The number of hydrogen-bond acceptors (Lipinski definition) is 2. The van der Waals surface area contributed by atoms with Gasteiger partial charge in [0, 0.05) is 6.26 Å². The standard InChI is InChI=1S/C10H14N2OS/c1-3-10(11-12-14(2)13)9-7-5-4-6-8-9/h4-8,10H,3H2,1-2H3. The molecule has 0 aromatic heterocycles. The highest BCUT2D eigenvalue weighted by atomic mass is 32.2. The van der Waals surface area contributed by atoms with E-state index in [9.17, 15) is 4.21 Å². The molecule has 2 atom stereocenters. The highest BCUT2D eigenvalue weighted by Crippen LogP contribution is 2.20. The van der Waals surface area contributed by atoms with Crippen molar-refractivity contribution in [1.29, 1.82) is 0 Å². The van der Waals surface area contributed by atoms with E-state index in [4.69, 9.17) is 0 Å². The minimum Gasteiger partial charge on any atom is -0.234 e. The first-order valence-corrected chi connectivity index (χ1v) is 6.05. The largest absolute Gasteiger partial charge is 0.234 e. The molecular weight excluding hydrogens is 196 g/mol. The monoisotopic (exact) mass is 210 g/mol. The highest BCUT2D eigenvalue weighted by Gasteiger charge is 2.06. The van der Waals surface area contributed by atoms with E-state index in [1.54, 1.807) is 0 Å². The number of hydrogen-bond donors (Lipinski definition) is 0. The van der Waals surface area contributed by atoms with Crippen LogP contribution in [0.15, 0.2) is 40.0 Å². The summed E-state index contributed by atoms with van der Waals surface area (Å²) in [6.45, 7) is 2.04. The van der Waals surface area contributed by atoms with E-state index in [0.717, 1.165) is 12.0 Å². The molecule has 0 aliphatic carbocycles. The lowest BCUT2D eigenvalue weighted by Gasteiger charge is -2.07. The van der Waals surface area contributed by atoms with E-state index in [1.165, 1.54) is 6.26 Å². The summed E-state index contributed by atoms with van der Waals surface area (Å²) in [4.78, 5) is 0. The molecule has 1 rings (SSSR count). The molecule has 0 saturated carbocycles. The Hall–Kier alpha value is -1.03. The van der Waals surface area contributed by atoms with Gasteiger partial charge in [0.25, 0.3) is 0 Å². The first-order chi connectivity index (χ1) is 6.74. The molecule has 2 unspecified atom stereocenters. The van der Waals surface area contributed by atoms with Crippen LogP contribution in [0.5, 0.6) is 0 Å². The summed E-state index contributed by atoms with van der Waals surface area (Å²) in [5, 5.41) is 4.04. The quantitative estimate of drug-likeness (QED) is 0.704. The Labute approximate surface area is 86.8 Å². The zero-order valence-corrected chi connectivity index (χ0v) is 9.20. The van der Waals surface area contributed by atoms with E-state index in [1.807, 2.05) is 37.3 Å². The van der Waals surface area contributed by atoms with Gasteiger partial charge in [0.05, 0.1) is 6.04 Å². The molecule has 0 spiro atoms. The molecule has 3 nitrogen and oxygen atoms in total. The molecule has 14 heavy (non-hydrogen) atoms. The van der Waals surface area contributed by atoms with E-state index in [0.29, 0.717) is 0 Å². The van der Waals surface area contributed by atoms with Gasteiger partial charge in [-0.1, -0.05) is 41.8 Å². The summed E-state index contributed by atoms with van der Waals surface area (Å²) in [6.07, 6.45) is 2.38. The summed E-state index contributed by atoms with van der Waals surface area (Å²) in [5.41, 5.74) is 1.12. The summed E-state index contributed by atoms with van der Waals surface area (Å²) in [5.74, 6) is 0. The van der Waals surface area contributed by atoms with Crippen molar-refractivity contribution in [2.75, 3.05) is 6.26 Å². The van der Waals surface area contributed by atoms with Crippen molar-refractivity contribution < 1.29 is 4.21 Å². The molecule has 0 aliphatic heterocycles. The molecule has 0 heterocycles. The van der Waals surface area contributed by atoms with E-state index < -0.39 is 11.0 Å². The Balaban J connectivity index is 2.78. The fourth-order valence-electron chi connectivity index (χ4n) is 1.18. The van der Waals surface area contributed by atoms with Crippen LogP contribution in [0.3, 0.4) is 0 Å². The second-order valence-electron chi connectivity index (χ2n) is 2.96. The van der Waals surface area contributed by atoms with Crippen LogP contribution in [0, 0.1) is 0 Å². The lowest BCUT2D eigenvalue weighted by Crippen LogP contribution is -1.92. The smallest absolute Gasteiger partial charge is 0.155 e. The van der Waals surface area contributed by atoms with Gasteiger partial charge in [0.1, 0.15) is 0 Å². The maximum absolute atomic E-state index is 10.7. The second-order valence-corrected chi connectivity index (χ2v) is 3.97. The van der Waals surface area contributed by atoms with Gasteiger partial charge in [-0.15, -0.1) is 0 Å². The van der Waals surface area contributed by atoms with Gasteiger partial charge in [-0.3, -0.25) is 0 Å². The first kappa shape index (κ1) is 11.0. The Morgan fingerprint density at radius 3 is 2.50 bits per heavy atom. The van der Waals surface area contributed by atoms with Gasteiger partial charge < -0.3 is 0 Å². The lowest BCUT2D eigenvalue weighted by atomic mass is 10.1. The van der Waals surface area contributed by atoms with Gasteiger partial charge in [0.2, 0.25) is 0 Å². The molecule has 0 aliphatic rings. The average molecular weight is 210 g/mol. The molecule has 1 aromatic rings. The Morgan fingerprint density at radius 1 is 1.36 bits per heavy atom. The maximum atomic E-state index is 10.7. The van der Waals surface area contributed by atoms with Gasteiger partial charge in [-0.25, -0.2) is 4.21 Å². The van der Waals surface area contributed by atoms with Gasteiger partial charge in [-0.2, -0.15) is 5.11 Å². The summed E-state index contributed by atoms with van der Waals surface area (Å²) >= 11 is 0. The minimum absolute atomic E-state index is 0.0279. The van der Waals surface area contributed by atoms with Crippen molar-refractivity contribution in [3.05, 3.63) is 35.9 Å². The van der Waals surface area contributed by atoms with Crippen LogP contribution in [0.1, 0.15) is 24.9 Å². The van der Waals surface area contributed by atoms with Crippen molar-refractivity contribution >= 4 is 11.0 Å². The summed E-state index contributed by atoms with van der Waals surface area (Å²) < 4.78 is 14.4. The van der Waals surface area contributed by atoms with Crippen molar-refractivity contribution in [3.8, 4) is 0 Å². The summed E-state index contributed by atoms with van der Waals surface area (Å²) in [6, 6.07) is 9.94. The zero-order valence-electron chi connectivity index (χ0n) is 8.38. The number of rotatable bonds is 4. The molecule has 76 valence electrons. The van der Waals surface area contributed by atoms with Gasteiger partial charge in [0.15, 0.2) is 11.0 Å². The third-order valence-corrected chi connectivity index (χ3v) is 2.20. The molecule has 4 heteroatoms. The molecule has 0 saturated heterocycles. The fraction of sp³-hybridized carbons (Fsp3) is 0.400. The summed E-state index contributed by atoms with van der Waals surface area (Å²) in [7, 11) is -1.20. The predicted molar refractivity (Wildman–Crippen MR) is 58.4 cm³/mol. The van der Waals surface area contributed by atoms with Crippen molar-refractivity contribution in [2.24, 2.45) is 9.63 Å². The Morgan fingerprint density at radius 2 is 2.00 bits per heavy atom. The zero-order chi connectivity index (χ0) is 10.4. The molecule has 0 N–H and O–H groups in total. The molecule has 0 radical (unpaired) electrons. The SMILES string of the molecule is CCC(N=NS(C)=O)c1ccccc1. The number of benzene rings is 1.